The van der Waals surface area contributed by atoms with Gasteiger partial charge < -0.3 is 10.0 Å². The summed E-state index contributed by atoms with van der Waals surface area (Å²) in [5.74, 6) is 0.747. The molecule has 1 aliphatic heterocycles. The summed E-state index contributed by atoms with van der Waals surface area (Å²) < 4.78 is 1.75. The van der Waals surface area contributed by atoms with Crippen LogP contribution in [0.15, 0.2) is 24.5 Å². The maximum atomic E-state index is 10.8. The van der Waals surface area contributed by atoms with Gasteiger partial charge in [0.2, 0.25) is 5.95 Å². The molecule has 3 heterocycles. The largest absolute Gasteiger partial charge is 0.383 e. The lowest BCUT2D eigenvalue weighted by Gasteiger charge is -2.38. The van der Waals surface area contributed by atoms with Crippen molar-refractivity contribution in [2.24, 2.45) is 7.05 Å². The molecule has 6 nitrogen and oxygen atoms in total. The highest BCUT2D eigenvalue weighted by atomic mass is 16.3. The van der Waals surface area contributed by atoms with Gasteiger partial charge >= 0.3 is 0 Å². The number of piperidine rings is 1. The van der Waals surface area contributed by atoms with E-state index in [1.165, 1.54) is 0 Å². The van der Waals surface area contributed by atoms with Crippen molar-refractivity contribution in [1.82, 2.24) is 19.7 Å². The quantitative estimate of drug-likeness (QED) is 0.884. The molecule has 0 saturated carbocycles. The number of hydrogen-bond acceptors (Lipinski definition) is 5. The highest BCUT2D eigenvalue weighted by Crippen LogP contribution is 2.33. The minimum absolute atomic E-state index is 0.657. The third kappa shape index (κ3) is 2.27. The van der Waals surface area contributed by atoms with Gasteiger partial charge in [0.1, 0.15) is 5.60 Å². The van der Waals surface area contributed by atoms with Crippen molar-refractivity contribution in [2.45, 2.75) is 25.4 Å². The monoisotopic (exact) mass is 273 g/mol. The van der Waals surface area contributed by atoms with E-state index in [9.17, 15) is 5.11 Å². The number of anilines is 1. The fourth-order valence-corrected chi connectivity index (χ4v) is 2.75. The Bertz CT molecular complexity index is 601. The lowest BCUT2D eigenvalue weighted by atomic mass is 9.88. The van der Waals surface area contributed by atoms with Crippen molar-refractivity contribution in [1.29, 1.82) is 0 Å². The van der Waals surface area contributed by atoms with Gasteiger partial charge in [0, 0.05) is 38.2 Å². The molecule has 0 aliphatic carbocycles. The molecule has 0 aromatic carbocycles. The number of hydrogen-bond donors (Lipinski definition) is 1. The topological polar surface area (TPSA) is 67.1 Å². The molecule has 0 bridgehead atoms. The zero-order valence-electron chi connectivity index (χ0n) is 11.8. The van der Waals surface area contributed by atoms with E-state index in [0.717, 1.165) is 30.4 Å². The van der Waals surface area contributed by atoms with Crippen LogP contribution >= 0.6 is 0 Å². The molecule has 1 N–H and O–H groups in total. The molecule has 2 aromatic heterocycles. The van der Waals surface area contributed by atoms with Gasteiger partial charge in [-0.2, -0.15) is 5.10 Å². The predicted octanol–water partition coefficient (Wildman–Crippen LogP) is 1.01. The third-order valence-corrected chi connectivity index (χ3v) is 3.95. The van der Waals surface area contributed by atoms with Crippen LogP contribution in [0.2, 0.25) is 0 Å². The van der Waals surface area contributed by atoms with Gasteiger partial charge in [0.25, 0.3) is 0 Å². The first-order chi connectivity index (χ1) is 9.58. The maximum absolute atomic E-state index is 10.8. The summed E-state index contributed by atoms with van der Waals surface area (Å²) in [6.45, 7) is 3.44. The molecule has 6 heteroatoms. The van der Waals surface area contributed by atoms with Crippen LogP contribution in [-0.4, -0.2) is 37.9 Å². The van der Waals surface area contributed by atoms with E-state index in [-0.39, 0.29) is 0 Å². The second-order valence-electron chi connectivity index (χ2n) is 5.36. The van der Waals surface area contributed by atoms with Crippen molar-refractivity contribution in [2.75, 3.05) is 18.0 Å². The molecule has 0 unspecified atom stereocenters. The molecular weight excluding hydrogens is 254 g/mol. The van der Waals surface area contributed by atoms with Crippen molar-refractivity contribution in [3.8, 4) is 0 Å². The summed E-state index contributed by atoms with van der Waals surface area (Å²) in [7, 11) is 1.86. The van der Waals surface area contributed by atoms with Gasteiger partial charge in [0.15, 0.2) is 0 Å². The first-order valence-electron chi connectivity index (χ1n) is 6.84. The first kappa shape index (κ1) is 13.1. The molecular formula is C14H19N5O. The smallest absolute Gasteiger partial charge is 0.225 e. The Morgan fingerprint density at radius 2 is 1.95 bits per heavy atom. The summed E-state index contributed by atoms with van der Waals surface area (Å²) >= 11 is 0. The summed E-state index contributed by atoms with van der Waals surface area (Å²) in [6, 6.07) is 3.78. The summed E-state index contributed by atoms with van der Waals surface area (Å²) in [5.41, 5.74) is 1.04. The Morgan fingerprint density at radius 3 is 2.55 bits per heavy atom. The lowest BCUT2D eigenvalue weighted by Crippen LogP contribution is -2.44. The van der Waals surface area contributed by atoms with Crippen LogP contribution in [0, 0.1) is 6.92 Å². The predicted molar refractivity (Wildman–Crippen MR) is 75.3 cm³/mol. The van der Waals surface area contributed by atoms with Crippen molar-refractivity contribution >= 4 is 5.95 Å². The Labute approximate surface area is 118 Å². The summed E-state index contributed by atoms with van der Waals surface area (Å²) in [5, 5.41) is 14.9. The Balaban J connectivity index is 1.75. The Kier molecular flexibility index (Phi) is 3.17. The highest BCUT2D eigenvalue weighted by molar-refractivity contribution is 5.32. The van der Waals surface area contributed by atoms with Crippen LogP contribution in [0.5, 0.6) is 0 Å². The fraction of sp³-hybridized carbons (Fsp3) is 0.500. The van der Waals surface area contributed by atoms with E-state index in [0.29, 0.717) is 12.8 Å². The average Bonchev–Trinajstić information content (AvgIpc) is 2.87. The molecule has 1 aliphatic rings. The normalized spacial score (nSPS) is 18.2. The van der Waals surface area contributed by atoms with Crippen LogP contribution in [0.3, 0.4) is 0 Å². The Hall–Kier alpha value is -1.95. The second kappa shape index (κ2) is 4.86. The zero-order chi connectivity index (χ0) is 14.2. The van der Waals surface area contributed by atoms with Gasteiger partial charge in [-0.05, 0) is 31.9 Å². The lowest BCUT2D eigenvalue weighted by molar-refractivity contribution is 0.00391. The molecule has 0 amide bonds. The average molecular weight is 273 g/mol. The molecule has 0 atom stereocenters. The summed E-state index contributed by atoms with van der Waals surface area (Å²) in [6.07, 6.45) is 4.82. The van der Waals surface area contributed by atoms with E-state index in [1.54, 1.807) is 17.1 Å². The summed E-state index contributed by atoms with van der Waals surface area (Å²) in [4.78, 5) is 10.9. The van der Waals surface area contributed by atoms with Crippen molar-refractivity contribution in [3.05, 3.63) is 35.9 Å². The number of aromatic nitrogens is 4. The fourth-order valence-electron chi connectivity index (χ4n) is 2.75. The number of aliphatic hydroxyl groups is 1. The van der Waals surface area contributed by atoms with E-state index < -0.39 is 5.60 Å². The molecule has 1 fully saturated rings. The van der Waals surface area contributed by atoms with Gasteiger partial charge in [0.05, 0.1) is 5.69 Å². The molecule has 106 valence electrons. The minimum Gasteiger partial charge on any atom is -0.383 e. The van der Waals surface area contributed by atoms with E-state index in [4.69, 9.17) is 0 Å². The van der Waals surface area contributed by atoms with Crippen molar-refractivity contribution in [3.63, 3.8) is 0 Å². The van der Waals surface area contributed by atoms with Gasteiger partial charge in [-0.1, -0.05) is 0 Å². The van der Waals surface area contributed by atoms with Crippen LogP contribution in [-0.2, 0) is 12.6 Å². The molecule has 1 saturated heterocycles. The molecule has 2 aromatic rings. The highest BCUT2D eigenvalue weighted by Gasteiger charge is 2.36. The molecule has 0 radical (unpaired) electrons. The molecule has 3 rings (SSSR count). The van der Waals surface area contributed by atoms with E-state index in [1.807, 2.05) is 26.1 Å². The number of aryl methyl sites for hydroxylation is 2. The first-order valence-corrected chi connectivity index (χ1v) is 6.84. The molecule has 20 heavy (non-hydrogen) atoms. The molecule has 0 spiro atoms. The van der Waals surface area contributed by atoms with Gasteiger partial charge in [-0.3, -0.25) is 4.68 Å². The van der Waals surface area contributed by atoms with Gasteiger partial charge in [-0.15, -0.1) is 0 Å². The second-order valence-corrected chi connectivity index (χ2v) is 5.36. The van der Waals surface area contributed by atoms with Crippen LogP contribution in [0.1, 0.15) is 24.2 Å². The third-order valence-electron chi connectivity index (χ3n) is 3.95. The standard InChI is InChI=1S/C14H19N5O/c1-11-3-7-15-13(17-11)19-9-5-14(20,6-10-19)12-4-8-16-18(12)2/h3-4,7-8,20H,5-6,9-10H2,1-2H3. The number of rotatable bonds is 2. The van der Waals surface area contributed by atoms with Gasteiger partial charge in [-0.25, -0.2) is 9.97 Å². The van der Waals surface area contributed by atoms with Crippen LogP contribution in [0.25, 0.3) is 0 Å². The van der Waals surface area contributed by atoms with E-state index >= 15 is 0 Å². The number of nitrogens with zero attached hydrogens (tertiary/aromatic N) is 5. The maximum Gasteiger partial charge on any atom is 0.225 e. The van der Waals surface area contributed by atoms with Crippen molar-refractivity contribution < 1.29 is 5.11 Å². The van der Waals surface area contributed by atoms with Crippen LogP contribution < -0.4 is 4.90 Å². The SMILES string of the molecule is Cc1ccnc(N2CCC(O)(c3ccnn3C)CC2)n1. The minimum atomic E-state index is -0.800. The Morgan fingerprint density at radius 1 is 1.20 bits per heavy atom. The van der Waals surface area contributed by atoms with Crippen LogP contribution in [0.4, 0.5) is 5.95 Å². The zero-order valence-corrected chi connectivity index (χ0v) is 11.8. The van der Waals surface area contributed by atoms with E-state index in [2.05, 4.69) is 20.0 Å².